The Labute approximate surface area is 187 Å². The Hall–Kier alpha value is -2.97. The van der Waals surface area contributed by atoms with E-state index in [1.807, 2.05) is 25.1 Å². The van der Waals surface area contributed by atoms with Crippen LogP contribution in [0.1, 0.15) is 38.2 Å². The second kappa shape index (κ2) is 9.26. The van der Waals surface area contributed by atoms with Crippen LogP contribution in [0.15, 0.2) is 42.5 Å². The molecule has 7 nitrogen and oxygen atoms in total. The number of hydrogen-bond acceptors (Lipinski definition) is 5. The molecular weight excluding hydrogens is 411 g/mol. The molecule has 1 aliphatic heterocycles. The summed E-state index contributed by atoms with van der Waals surface area (Å²) in [6.45, 7) is 4.91. The van der Waals surface area contributed by atoms with Crippen molar-refractivity contribution < 1.29 is 18.7 Å². The van der Waals surface area contributed by atoms with Gasteiger partial charge in [-0.2, -0.15) is 0 Å². The molecule has 32 heavy (non-hydrogen) atoms. The molecule has 1 fully saturated rings. The van der Waals surface area contributed by atoms with Crippen LogP contribution in [0.5, 0.6) is 5.75 Å². The van der Waals surface area contributed by atoms with Crippen molar-refractivity contribution in [2.45, 2.75) is 44.7 Å². The summed E-state index contributed by atoms with van der Waals surface area (Å²) in [5.41, 5.74) is 8.31. The first kappa shape index (κ1) is 22.2. The number of fused-ring (bicyclic) bond motifs is 1. The Morgan fingerprint density at radius 2 is 1.91 bits per heavy atom. The molecule has 0 aromatic heterocycles. The Balaban J connectivity index is 1.65. The van der Waals surface area contributed by atoms with Crippen molar-refractivity contribution in [1.82, 2.24) is 5.32 Å². The van der Waals surface area contributed by atoms with Crippen LogP contribution in [-0.4, -0.2) is 43.7 Å². The normalized spacial score (nSPS) is 18.8. The summed E-state index contributed by atoms with van der Waals surface area (Å²) in [5.74, 6) is -0.162. The quantitative estimate of drug-likeness (QED) is 0.719. The molecule has 0 saturated heterocycles. The molecule has 0 spiro atoms. The summed E-state index contributed by atoms with van der Waals surface area (Å²) >= 11 is 0. The zero-order chi connectivity index (χ0) is 22.8. The summed E-state index contributed by atoms with van der Waals surface area (Å²) in [6.07, 6.45) is 1.80. The third-order valence-corrected chi connectivity index (χ3v) is 6.00. The lowest BCUT2D eigenvalue weighted by Crippen LogP contribution is -2.52. The summed E-state index contributed by atoms with van der Waals surface area (Å²) < 4.78 is 18.7. The van der Waals surface area contributed by atoms with E-state index in [2.05, 4.69) is 5.32 Å². The van der Waals surface area contributed by atoms with Gasteiger partial charge in [-0.15, -0.1) is 0 Å². The third-order valence-electron chi connectivity index (χ3n) is 6.00. The maximum atomic E-state index is 13.2. The number of carbonyl (C=O) groups is 2. The third kappa shape index (κ3) is 4.76. The predicted octanol–water partition coefficient (Wildman–Crippen LogP) is 3.38. The predicted molar refractivity (Wildman–Crippen MR) is 122 cm³/mol. The molecule has 2 atom stereocenters. The van der Waals surface area contributed by atoms with Gasteiger partial charge in [0.1, 0.15) is 11.6 Å². The van der Waals surface area contributed by atoms with Crippen LogP contribution >= 0.6 is 0 Å². The van der Waals surface area contributed by atoms with Crippen molar-refractivity contribution in [3.05, 3.63) is 53.8 Å². The van der Waals surface area contributed by atoms with Crippen LogP contribution in [0.4, 0.5) is 20.6 Å². The largest absolute Gasteiger partial charge is 0.419 e. The van der Waals surface area contributed by atoms with Crippen molar-refractivity contribution in [3.8, 4) is 5.75 Å². The van der Waals surface area contributed by atoms with Gasteiger partial charge in [-0.25, -0.2) is 9.18 Å². The molecule has 2 aromatic carbocycles. The Morgan fingerprint density at radius 1 is 1.19 bits per heavy atom. The highest BCUT2D eigenvalue weighted by Crippen LogP contribution is 2.38. The molecule has 0 bridgehead atoms. The van der Waals surface area contributed by atoms with E-state index in [1.165, 1.54) is 48.9 Å². The average molecular weight is 441 g/mol. The molecule has 0 radical (unpaired) electrons. The molecule has 2 amide bonds. The maximum Gasteiger partial charge on any atom is 0.419 e. The topological polar surface area (TPSA) is 87.9 Å². The van der Waals surface area contributed by atoms with Gasteiger partial charge in [-0.05, 0) is 61.7 Å². The minimum Gasteiger partial charge on any atom is -0.410 e. The highest BCUT2D eigenvalue weighted by Gasteiger charge is 2.35. The highest BCUT2D eigenvalue weighted by atomic mass is 19.1. The first-order chi connectivity index (χ1) is 15.4. The lowest BCUT2D eigenvalue weighted by Gasteiger charge is -2.40. The minimum absolute atomic E-state index is 0.0843. The average Bonchev–Trinajstić information content (AvgIpc) is 3.59. The second-order valence-corrected chi connectivity index (χ2v) is 8.53. The lowest BCUT2D eigenvalue weighted by molar-refractivity contribution is -0.117. The van der Waals surface area contributed by atoms with Gasteiger partial charge in [-0.3, -0.25) is 9.69 Å². The van der Waals surface area contributed by atoms with E-state index in [1.54, 1.807) is 4.90 Å². The van der Waals surface area contributed by atoms with Gasteiger partial charge >= 0.3 is 6.09 Å². The number of nitrogens with two attached hydrogens (primary N) is 1. The monoisotopic (exact) mass is 440 g/mol. The van der Waals surface area contributed by atoms with E-state index < -0.39 is 11.9 Å². The van der Waals surface area contributed by atoms with E-state index in [0.717, 1.165) is 12.1 Å². The zero-order valence-corrected chi connectivity index (χ0v) is 18.4. The van der Waals surface area contributed by atoms with Crippen LogP contribution < -0.4 is 25.6 Å². The molecule has 2 aliphatic rings. The van der Waals surface area contributed by atoms with Gasteiger partial charge in [-0.1, -0.05) is 6.07 Å². The standard InChI is InChI=1S/C24H29FN4O3/c1-15-14-28(24(31)32-21-8-4-19(25)5-9-21)23-11-17(3-10-22(23)29(15)16(2)30)18(12-26)13-27-20-6-7-20/h3-5,8-11,15,18,20,27H,6-7,12-14,26H2,1-2H3/t15-,18?/m0/s1. The van der Waals surface area contributed by atoms with Crippen LogP contribution in [0.3, 0.4) is 0 Å². The number of halogens is 1. The second-order valence-electron chi connectivity index (χ2n) is 8.53. The molecule has 8 heteroatoms. The van der Waals surface area contributed by atoms with Gasteiger partial charge < -0.3 is 20.7 Å². The van der Waals surface area contributed by atoms with Crippen molar-refractivity contribution in [1.29, 1.82) is 0 Å². The van der Waals surface area contributed by atoms with E-state index in [-0.39, 0.29) is 30.2 Å². The van der Waals surface area contributed by atoms with Crippen LogP contribution in [-0.2, 0) is 4.79 Å². The number of carbonyl (C=O) groups excluding carboxylic acids is 2. The van der Waals surface area contributed by atoms with Crippen LogP contribution in [0.25, 0.3) is 0 Å². The van der Waals surface area contributed by atoms with Crippen molar-refractivity contribution in [3.63, 3.8) is 0 Å². The first-order valence-corrected chi connectivity index (χ1v) is 11.0. The molecule has 1 heterocycles. The Kier molecular flexibility index (Phi) is 6.43. The van der Waals surface area contributed by atoms with Crippen molar-refractivity contribution in [2.24, 2.45) is 5.73 Å². The number of nitrogens with zero attached hydrogens (tertiary/aromatic N) is 2. The molecule has 1 aliphatic carbocycles. The Morgan fingerprint density at radius 3 is 2.53 bits per heavy atom. The number of ether oxygens (including phenoxy) is 1. The van der Waals surface area contributed by atoms with E-state index in [0.29, 0.717) is 24.0 Å². The van der Waals surface area contributed by atoms with Gasteiger partial charge in [0, 0.05) is 38.5 Å². The molecule has 1 saturated carbocycles. The van der Waals surface area contributed by atoms with Crippen molar-refractivity contribution >= 4 is 23.4 Å². The summed E-state index contributed by atoms with van der Waals surface area (Å²) in [5, 5.41) is 3.51. The fourth-order valence-electron chi connectivity index (χ4n) is 4.14. The van der Waals surface area contributed by atoms with E-state index in [9.17, 15) is 14.0 Å². The zero-order valence-electron chi connectivity index (χ0n) is 18.4. The van der Waals surface area contributed by atoms with E-state index >= 15 is 0 Å². The summed E-state index contributed by atoms with van der Waals surface area (Å²) in [4.78, 5) is 28.7. The smallest absolute Gasteiger partial charge is 0.410 e. The number of benzene rings is 2. The van der Waals surface area contributed by atoms with Crippen LogP contribution in [0.2, 0.25) is 0 Å². The van der Waals surface area contributed by atoms with E-state index in [4.69, 9.17) is 10.5 Å². The fourth-order valence-corrected chi connectivity index (χ4v) is 4.14. The lowest BCUT2D eigenvalue weighted by atomic mass is 9.96. The minimum atomic E-state index is -0.578. The summed E-state index contributed by atoms with van der Waals surface area (Å²) in [7, 11) is 0. The Bertz CT molecular complexity index is 993. The molecule has 170 valence electrons. The molecule has 2 aromatic rings. The SMILES string of the molecule is CC(=O)N1c2ccc(C(CN)CNC3CC3)cc2N(C(=O)Oc2ccc(F)cc2)C[C@@H]1C. The number of rotatable bonds is 6. The van der Waals surface area contributed by atoms with Gasteiger partial charge in [0.25, 0.3) is 0 Å². The number of nitrogens with one attached hydrogen (secondary N) is 1. The highest BCUT2D eigenvalue weighted by molar-refractivity contribution is 6.02. The maximum absolute atomic E-state index is 13.2. The first-order valence-electron chi connectivity index (χ1n) is 11.0. The van der Waals surface area contributed by atoms with Gasteiger partial charge in [0.05, 0.1) is 17.4 Å². The number of anilines is 2. The van der Waals surface area contributed by atoms with Gasteiger partial charge in [0.2, 0.25) is 5.91 Å². The number of hydrogen-bond donors (Lipinski definition) is 2. The van der Waals surface area contributed by atoms with Crippen molar-refractivity contribution in [2.75, 3.05) is 29.4 Å². The molecule has 1 unspecified atom stereocenters. The summed E-state index contributed by atoms with van der Waals surface area (Å²) in [6, 6.07) is 11.4. The van der Waals surface area contributed by atoms with Gasteiger partial charge in [0.15, 0.2) is 0 Å². The molecular formula is C24H29FN4O3. The number of amides is 2. The fraction of sp³-hybridized carbons (Fsp3) is 0.417. The molecule has 4 rings (SSSR count). The molecule has 3 N–H and O–H groups in total. The van der Waals surface area contributed by atoms with Crippen LogP contribution in [0, 0.1) is 5.82 Å².